The van der Waals surface area contributed by atoms with Crippen molar-refractivity contribution in [2.75, 3.05) is 26.2 Å². The Balaban J connectivity index is 0.00000182. The van der Waals surface area contributed by atoms with Crippen molar-refractivity contribution in [2.45, 2.75) is 19.0 Å². The fourth-order valence-corrected chi connectivity index (χ4v) is 3.29. The first-order valence-electron chi connectivity index (χ1n) is 8.67. The lowest BCUT2D eigenvalue weighted by Crippen LogP contribution is -2.53. The third kappa shape index (κ3) is 6.98. The van der Waals surface area contributed by atoms with E-state index in [1.54, 1.807) is 0 Å². The highest BCUT2D eigenvalue weighted by molar-refractivity contribution is 6.30. The van der Waals surface area contributed by atoms with Crippen molar-refractivity contribution in [3.8, 4) is 0 Å². The fourth-order valence-electron chi connectivity index (χ4n) is 3.16. The summed E-state index contributed by atoms with van der Waals surface area (Å²) < 4.78 is 0. The maximum Gasteiger partial charge on any atom is 0.239 e. The van der Waals surface area contributed by atoms with E-state index in [4.69, 9.17) is 17.3 Å². The van der Waals surface area contributed by atoms with E-state index in [9.17, 15) is 4.79 Å². The van der Waals surface area contributed by atoms with E-state index in [0.29, 0.717) is 6.42 Å². The highest BCUT2D eigenvalue weighted by atomic mass is 35.5. The molecule has 0 aromatic heterocycles. The predicted molar refractivity (Wildman–Crippen MR) is 116 cm³/mol. The molecule has 1 saturated heterocycles. The number of benzene rings is 2. The van der Waals surface area contributed by atoms with Gasteiger partial charge in [-0.1, -0.05) is 54.1 Å². The van der Waals surface area contributed by atoms with Gasteiger partial charge < -0.3 is 10.6 Å². The zero-order valence-electron chi connectivity index (χ0n) is 15.1. The third-order valence-corrected chi connectivity index (χ3v) is 4.87. The van der Waals surface area contributed by atoms with Crippen molar-refractivity contribution in [2.24, 2.45) is 5.73 Å². The second-order valence-electron chi connectivity index (χ2n) is 6.52. The van der Waals surface area contributed by atoms with Gasteiger partial charge in [-0.15, -0.1) is 24.8 Å². The van der Waals surface area contributed by atoms with Gasteiger partial charge in [0.2, 0.25) is 5.91 Å². The van der Waals surface area contributed by atoms with Gasteiger partial charge in [-0.05, 0) is 29.7 Å². The van der Waals surface area contributed by atoms with E-state index in [2.05, 4.69) is 17.0 Å². The molecular formula is C20H26Cl3N3O. The van der Waals surface area contributed by atoms with Crippen LogP contribution in [0.15, 0.2) is 54.6 Å². The predicted octanol–water partition coefficient (Wildman–Crippen LogP) is 3.40. The van der Waals surface area contributed by atoms with Gasteiger partial charge in [-0.2, -0.15) is 0 Å². The van der Waals surface area contributed by atoms with Crippen LogP contribution in [0.3, 0.4) is 0 Å². The number of carbonyl (C=O) groups excluding carboxylic acids is 1. The summed E-state index contributed by atoms with van der Waals surface area (Å²) in [5.74, 6) is 0.0509. The van der Waals surface area contributed by atoms with Gasteiger partial charge in [-0.3, -0.25) is 9.69 Å². The van der Waals surface area contributed by atoms with E-state index in [0.717, 1.165) is 43.3 Å². The largest absolute Gasteiger partial charge is 0.339 e. The molecule has 7 heteroatoms. The minimum Gasteiger partial charge on any atom is -0.339 e. The standard InChI is InChI=1S/C20H24ClN3O.2ClH/c21-18-8-6-17(7-9-18)15-23-10-12-24(13-11-23)20(25)19(22)14-16-4-2-1-3-5-16;;/h1-9,19H,10-15,22H2;2*1H. The molecule has 1 fully saturated rings. The van der Waals surface area contributed by atoms with Crippen molar-refractivity contribution in [3.63, 3.8) is 0 Å². The molecule has 0 saturated carbocycles. The molecule has 1 aliphatic rings. The van der Waals surface area contributed by atoms with Crippen LogP contribution in [-0.4, -0.2) is 47.9 Å². The van der Waals surface area contributed by atoms with Gasteiger partial charge in [0.05, 0.1) is 6.04 Å². The number of nitrogens with zero attached hydrogens (tertiary/aromatic N) is 2. The Morgan fingerprint density at radius 3 is 2.11 bits per heavy atom. The normalized spacial score (nSPS) is 15.4. The van der Waals surface area contributed by atoms with Crippen LogP contribution in [0.5, 0.6) is 0 Å². The molecule has 148 valence electrons. The molecule has 1 unspecified atom stereocenters. The summed E-state index contributed by atoms with van der Waals surface area (Å²) >= 11 is 5.93. The van der Waals surface area contributed by atoms with E-state index in [1.165, 1.54) is 5.56 Å². The van der Waals surface area contributed by atoms with Crippen LogP contribution in [-0.2, 0) is 17.8 Å². The van der Waals surface area contributed by atoms with Crippen molar-refractivity contribution in [1.82, 2.24) is 9.80 Å². The molecule has 2 aromatic rings. The van der Waals surface area contributed by atoms with Crippen molar-refractivity contribution in [3.05, 3.63) is 70.7 Å². The van der Waals surface area contributed by atoms with Crippen molar-refractivity contribution < 1.29 is 4.79 Å². The third-order valence-electron chi connectivity index (χ3n) is 4.62. The molecule has 2 N–H and O–H groups in total. The number of carbonyl (C=O) groups is 1. The Hall–Kier alpha value is -1.30. The van der Waals surface area contributed by atoms with Crippen LogP contribution in [0.1, 0.15) is 11.1 Å². The van der Waals surface area contributed by atoms with Crippen molar-refractivity contribution >= 4 is 42.3 Å². The molecule has 0 bridgehead atoms. The van der Waals surface area contributed by atoms with Crippen LogP contribution in [0, 0.1) is 0 Å². The van der Waals surface area contributed by atoms with Gasteiger partial charge in [0.25, 0.3) is 0 Å². The number of hydrogen-bond acceptors (Lipinski definition) is 3. The molecule has 27 heavy (non-hydrogen) atoms. The summed E-state index contributed by atoms with van der Waals surface area (Å²) in [5, 5.41) is 0.756. The topological polar surface area (TPSA) is 49.6 Å². The SMILES string of the molecule is Cl.Cl.NC(Cc1ccccc1)C(=O)N1CCN(Cc2ccc(Cl)cc2)CC1. The van der Waals surface area contributed by atoms with Crippen LogP contribution in [0.2, 0.25) is 5.02 Å². The summed E-state index contributed by atoms with van der Waals surface area (Å²) in [5.41, 5.74) is 8.48. The summed E-state index contributed by atoms with van der Waals surface area (Å²) in [6.07, 6.45) is 0.588. The summed E-state index contributed by atoms with van der Waals surface area (Å²) in [6, 6.07) is 17.4. The molecule has 1 heterocycles. The van der Waals surface area contributed by atoms with E-state index < -0.39 is 6.04 Å². The molecule has 4 nitrogen and oxygen atoms in total. The van der Waals surface area contributed by atoms with Gasteiger partial charge in [0, 0.05) is 37.7 Å². The number of halogens is 3. The van der Waals surface area contributed by atoms with E-state index >= 15 is 0 Å². The average Bonchev–Trinajstić information content (AvgIpc) is 2.64. The highest BCUT2D eigenvalue weighted by Gasteiger charge is 2.25. The first-order valence-corrected chi connectivity index (χ1v) is 9.05. The van der Waals surface area contributed by atoms with Gasteiger partial charge in [0.1, 0.15) is 0 Å². The molecule has 0 spiro atoms. The molecule has 1 aliphatic heterocycles. The molecule has 1 amide bonds. The minimum atomic E-state index is -0.467. The first kappa shape index (κ1) is 23.7. The lowest BCUT2D eigenvalue weighted by Gasteiger charge is -2.36. The summed E-state index contributed by atoms with van der Waals surface area (Å²) in [7, 11) is 0. The molecule has 3 rings (SSSR count). The quantitative estimate of drug-likeness (QED) is 0.791. The maximum atomic E-state index is 12.6. The number of piperazine rings is 1. The van der Waals surface area contributed by atoms with Gasteiger partial charge in [-0.25, -0.2) is 0 Å². The smallest absolute Gasteiger partial charge is 0.239 e. The van der Waals surface area contributed by atoms with Crippen LogP contribution >= 0.6 is 36.4 Å². The lowest BCUT2D eigenvalue weighted by atomic mass is 10.1. The molecule has 0 radical (unpaired) electrons. The highest BCUT2D eigenvalue weighted by Crippen LogP contribution is 2.13. The molecular weight excluding hydrogens is 405 g/mol. The van der Waals surface area contributed by atoms with Crippen LogP contribution in [0.25, 0.3) is 0 Å². The minimum absolute atomic E-state index is 0. The van der Waals surface area contributed by atoms with Gasteiger partial charge >= 0.3 is 0 Å². The van der Waals surface area contributed by atoms with Crippen LogP contribution < -0.4 is 5.73 Å². The molecule has 0 aliphatic carbocycles. The zero-order valence-corrected chi connectivity index (χ0v) is 17.5. The Labute approximate surface area is 178 Å². The Bertz CT molecular complexity index is 689. The second kappa shape index (κ2) is 11.5. The maximum absolute atomic E-state index is 12.6. The Morgan fingerprint density at radius 1 is 0.926 bits per heavy atom. The Kier molecular flexibility index (Phi) is 10.1. The van der Waals surface area contributed by atoms with Crippen LogP contribution in [0.4, 0.5) is 0 Å². The zero-order chi connectivity index (χ0) is 17.6. The fraction of sp³-hybridized carbons (Fsp3) is 0.350. The lowest BCUT2D eigenvalue weighted by molar-refractivity contribution is -0.134. The first-order chi connectivity index (χ1) is 12.1. The number of amides is 1. The summed E-state index contributed by atoms with van der Waals surface area (Å²) in [4.78, 5) is 16.8. The number of hydrogen-bond donors (Lipinski definition) is 1. The number of rotatable bonds is 5. The van der Waals surface area contributed by atoms with E-state index in [-0.39, 0.29) is 30.7 Å². The Morgan fingerprint density at radius 2 is 1.52 bits per heavy atom. The number of nitrogens with two attached hydrogens (primary N) is 1. The average molecular weight is 431 g/mol. The monoisotopic (exact) mass is 429 g/mol. The van der Waals surface area contributed by atoms with Crippen molar-refractivity contribution in [1.29, 1.82) is 0 Å². The van der Waals surface area contributed by atoms with E-state index in [1.807, 2.05) is 47.4 Å². The second-order valence-corrected chi connectivity index (χ2v) is 6.96. The van der Waals surface area contributed by atoms with Gasteiger partial charge in [0.15, 0.2) is 0 Å². The molecule has 1 atom stereocenters. The summed E-state index contributed by atoms with van der Waals surface area (Å²) in [6.45, 7) is 4.08. The molecule has 2 aromatic carbocycles.